The van der Waals surface area contributed by atoms with E-state index in [-0.39, 0.29) is 17.1 Å². The molecule has 0 atom stereocenters. The van der Waals surface area contributed by atoms with Gasteiger partial charge >= 0.3 is 0 Å². The van der Waals surface area contributed by atoms with Gasteiger partial charge in [-0.3, -0.25) is 4.79 Å². The van der Waals surface area contributed by atoms with E-state index in [1.165, 1.54) is 0 Å². The molecule has 0 unspecified atom stereocenters. The summed E-state index contributed by atoms with van der Waals surface area (Å²) in [5.41, 5.74) is 6.52. The molecule has 0 saturated carbocycles. The highest BCUT2D eigenvalue weighted by atomic mass is 35.5. The van der Waals surface area contributed by atoms with Crippen LogP contribution in [0.4, 0.5) is 0 Å². The molecule has 9 nitrogen and oxygen atoms in total. The van der Waals surface area contributed by atoms with E-state index in [4.69, 9.17) is 25.7 Å². The van der Waals surface area contributed by atoms with Crippen molar-refractivity contribution in [3.63, 3.8) is 0 Å². The Bertz CT molecular complexity index is 1490. The summed E-state index contributed by atoms with van der Waals surface area (Å²) in [4.78, 5) is 33.5. The van der Waals surface area contributed by atoms with Crippen LogP contribution in [0.5, 0.6) is 11.8 Å². The molecule has 204 valence electrons. The van der Waals surface area contributed by atoms with Crippen molar-refractivity contribution in [3.8, 4) is 34.3 Å². The second kappa shape index (κ2) is 10.6. The number of halogens is 1. The van der Waals surface area contributed by atoms with Crippen molar-refractivity contribution in [2.24, 2.45) is 0 Å². The topological polar surface area (TPSA) is 119 Å². The van der Waals surface area contributed by atoms with Crippen LogP contribution in [-0.2, 0) is 6.42 Å². The fourth-order valence-corrected chi connectivity index (χ4v) is 12.3. The average molecular weight is 565 g/mol. The van der Waals surface area contributed by atoms with E-state index < -0.39 is 8.07 Å². The van der Waals surface area contributed by atoms with Gasteiger partial charge in [0.2, 0.25) is 17.0 Å². The van der Waals surface area contributed by atoms with Gasteiger partial charge in [0.25, 0.3) is 5.91 Å². The number of ether oxygens (including phenoxy) is 1. The van der Waals surface area contributed by atoms with Crippen LogP contribution in [0.2, 0.25) is 21.9 Å². The molecule has 5 heterocycles. The summed E-state index contributed by atoms with van der Waals surface area (Å²) in [6, 6.07) is 5.49. The van der Waals surface area contributed by atoms with E-state index in [9.17, 15) is 4.79 Å². The van der Waals surface area contributed by atoms with Crippen molar-refractivity contribution < 1.29 is 13.9 Å². The lowest BCUT2D eigenvalue weighted by atomic mass is 10.1. The summed E-state index contributed by atoms with van der Waals surface area (Å²) >= 11 is 6.17. The molecule has 0 bridgehead atoms. The van der Waals surface area contributed by atoms with Crippen LogP contribution in [-0.4, -0.2) is 45.4 Å². The largest absolute Gasteiger partial charge is 0.453 e. The number of carbonyl (C=O) groups is 1. The lowest BCUT2D eigenvalue weighted by molar-refractivity contribution is 0.0946. The van der Waals surface area contributed by atoms with Crippen molar-refractivity contribution in [1.29, 1.82) is 0 Å². The summed E-state index contributed by atoms with van der Waals surface area (Å²) in [6.45, 7) is 14.2. The van der Waals surface area contributed by atoms with Crippen molar-refractivity contribution >= 4 is 31.1 Å². The molecule has 1 aliphatic heterocycles. The molecule has 0 spiro atoms. The minimum Gasteiger partial charge on any atom is -0.453 e. The summed E-state index contributed by atoms with van der Waals surface area (Å²) in [5, 5.41) is 2.92. The van der Waals surface area contributed by atoms with Crippen LogP contribution in [0.1, 0.15) is 57.6 Å². The zero-order chi connectivity index (χ0) is 27.9. The second-order valence-electron chi connectivity index (χ2n) is 10.9. The van der Waals surface area contributed by atoms with Crippen LogP contribution < -0.4 is 15.6 Å². The number of aromatic amines is 1. The molecule has 0 fully saturated rings. The molecule has 39 heavy (non-hydrogen) atoms. The van der Waals surface area contributed by atoms with Crippen molar-refractivity contribution in [2.75, 3.05) is 6.54 Å². The van der Waals surface area contributed by atoms with Gasteiger partial charge in [-0.25, -0.2) is 15.0 Å². The van der Waals surface area contributed by atoms with E-state index in [0.717, 1.165) is 28.9 Å². The Morgan fingerprint density at radius 2 is 1.77 bits per heavy atom. The molecule has 0 saturated heterocycles. The van der Waals surface area contributed by atoms with E-state index in [1.807, 2.05) is 12.1 Å². The number of rotatable bonds is 8. The normalized spacial score (nSPS) is 13.7. The van der Waals surface area contributed by atoms with Gasteiger partial charge in [-0.15, -0.1) is 0 Å². The van der Waals surface area contributed by atoms with Gasteiger partial charge in [-0.1, -0.05) is 41.5 Å². The molecular weight excluding hydrogens is 532 g/mol. The number of nitrogens with zero attached hydrogens (tertiary/aromatic N) is 4. The van der Waals surface area contributed by atoms with Gasteiger partial charge in [-0.05, 0) is 40.4 Å². The van der Waals surface area contributed by atoms with Crippen LogP contribution in [0.25, 0.3) is 22.5 Å². The first-order valence-corrected chi connectivity index (χ1v) is 15.9. The predicted octanol–water partition coefficient (Wildman–Crippen LogP) is 6.14. The molecule has 0 radical (unpaired) electrons. The lowest BCUT2D eigenvalue weighted by Gasteiger charge is -2.39. The monoisotopic (exact) mass is 564 g/mol. The number of hydrogen-bond acceptors (Lipinski definition) is 7. The highest BCUT2D eigenvalue weighted by Crippen LogP contribution is 2.41. The summed E-state index contributed by atoms with van der Waals surface area (Å²) in [5.74, 6) is 0.478. The number of amides is 1. The van der Waals surface area contributed by atoms with Crippen LogP contribution in [0.3, 0.4) is 0 Å². The molecule has 1 aliphatic rings. The smallest absolute Gasteiger partial charge is 0.253 e. The summed E-state index contributed by atoms with van der Waals surface area (Å²) in [6.07, 6.45) is 5.65. The quantitative estimate of drug-likeness (QED) is 0.195. The van der Waals surface area contributed by atoms with Gasteiger partial charge in [0, 0.05) is 48.4 Å². The average Bonchev–Trinajstić information content (AvgIpc) is 3.53. The summed E-state index contributed by atoms with van der Waals surface area (Å²) < 4.78 is 12.3. The minimum atomic E-state index is -2.10. The minimum absolute atomic E-state index is 0.0481. The number of nitrogens with one attached hydrogen (secondary N) is 2. The fourth-order valence-electron chi connectivity index (χ4n) is 6.12. The van der Waals surface area contributed by atoms with E-state index in [1.54, 1.807) is 24.7 Å². The van der Waals surface area contributed by atoms with Gasteiger partial charge in [0.15, 0.2) is 13.6 Å². The molecule has 4 aromatic heterocycles. The molecular formula is C28H33ClN6O3Si. The molecule has 0 aromatic carbocycles. The summed E-state index contributed by atoms with van der Waals surface area (Å²) in [7, 11) is -2.10. The number of hydrogen-bond donors (Lipinski definition) is 2. The highest BCUT2D eigenvalue weighted by Gasteiger charge is 2.49. The zero-order valence-corrected chi connectivity index (χ0v) is 24.8. The number of aromatic nitrogens is 5. The third-order valence-corrected chi connectivity index (χ3v) is 14.7. The third-order valence-electron chi connectivity index (χ3n) is 7.79. The molecule has 5 rings (SSSR count). The van der Waals surface area contributed by atoms with Crippen LogP contribution in [0.15, 0.2) is 41.3 Å². The number of pyridine rings is 1. The highest BCUT2D eigenvalue weighted by molar-refractivity contribution is 6.93. The van der Waals surface area contributed by atoms with Crippen molar-refractivity contribution in [2.45, 2.75) is 64.6 Å². The van der Waals surface area contributed by atoms with Gasteiger partial charge < -0.3 is 19.5 Å². The first kappa shape index (κ1) is 27.1. The van der Waals surface area contributed by atoms with Crippen LogP contribution in [0, 0.1) is 0 Å². The maximum Gasteiger partial charge on any atom is 0.253 e. The van der Waals surface area contributed by atoms with E-state index in [2.05, 4.69) is 66.8 Å². The number of fused-ring (bicyclic) bond motifs is 1. The van der Waals surface area contributed by atoms with Crippen molar-refractivity contribution in [3.05, 3.63) is 53.4 Å². The van der Waals surface area contributed by atoms with Gasteiger partial charge in [0.05, 0.1) is 11.1 Å². The second-order valence-corrected chi connectivity index (χ2v) is 17.0. The standard InChI is InChI=1S/C28H33ClN6O3Si/c1-15(2)39(16(3)4,17(5)6)28-34-23(14-37-28)20-13-32-27(29)35-26(20)38-24-11-18(7-9-30-24)22-12-19-21(33-22)8-10-31-25(19)36/h7,9,11-17,33H,8,10H2,1-6H3,(H,31,36). The third kappa shape index (κ3) is 4.87. The molecule has 2 N–H and O–H groups in total. The number of carbonyl (C=O) groups excluding carboxylic acids is 1. The molecule has 4 aromatic rings. The Morgan fingerprint density at radius 3 is 2.46 bits per heavy atom. The Hall–Kier alpha value is -3.50. The zero-order valence-electron chi connectivity index (χ0n) is 23.0. The van der Waals surface area contributed by atoms with Crippen LogP contribution >= 0.6 is 11.6 Å². The SMILES string of the molecule is CC(C)[Si](c1nc(-c2cnc(Cl)nc2Oc2cc(-c3cc4c([nH]3)CCNC4=O)ccn2)co1)(C(C)C)C(C)C. The number of H-pyrrole nitrogens is 1. The van der Waals surface area contributed by atoms with Gasteiger partial charge in [0.1, 0.15) is 12.0 Å². The molecule has 11 heteroatoms. The maximum atomic E-state index is 12.2. The van der Waals surface area contributed by atoms with E-state index in [0.29, 0.717) is 45.9 Å². The first-order valence-electron chi connectivity index (χ1n) is 13.2. The Kier molecular flexibility index (Phi) is 7.34. The first-order chi connectivity index (χ1) is 18.6. The maximum absolute atomic E-state index is 12.2. The number of oxazole rings is 1. The Morgan fingerprint density at radius 1 is 1.03 bits per heavy atom. The Balaban J connectivity index is 1.49. The molecule has 1 amide bonds. The predicted molar refractivity (Wildman–Crippen MR) is 153 cm³/mol. The molecule has 0 aliphatic carbocycles. The van der Waals surface area contributed by atoms with E-state index >= 15 is 0 Å². The van der Waals surface area contributed by atoms with Gasteiger partial charge in [-0.2, -0.15) is 4.98 Å². The fraction of sp³-hybridized carbons (Fsp3) is 0.393. The Labute approximate surface area is 233 Å². The van der Waals surface area contributed by atoms with Crippen molar-refractivity contribution in [1.82, 2.24) is 30.2 Å². The lowest BCUT2D eigenvalue weighted by Crippen LogP contribution is -2.56.